The molecule has 3 aromatic rings. The summed E-state index contributed by atoms with van der Waals surface area (Å²) in [4.78, 5) is 11.3. The molecule has 0 aliphatic heterocycles. The molecule has 0 bridgehead atoms. The van der Waals surface area contributed by atoms with Gasteiger partial charge in [-0.05, 0) is 5.56 Å². The minimum atomic E-state index is -0.112. The summed E-state index contributed by atoms with van der Waals surface area (Å²) in [6.45, 7) is 1.47. The van der Waals surface area contributed by atoms with Crippen LogP contribution in [0.3, 0.4) is 0 Å². The number of benzene rings is 1. The minimum absolute atomic E-state index is 0.112. The third-order valence-electron chi connectivity index (χ3n) is 2.64. The zero-order chi connectivity index (χ0) is 11.8. The summed E-state index contributed by atoms with van der Waals surface area (Å²) in [5, 5.41) is 10.9. The van der Waals surface area contributed by atoms with Crippen molar-refractivity contribution in [3.8, 4) is 11.1 Å². The molecule has 0 aliphatic carbocycles. The van der Waals surface area contributed by atoms with Crippen LogP contribution in [0.5, 0.6) is 0 Å². The van der Waals surface area contributed by atoms with Gasteiger partial charge in [0.25, 0.3) is 0 Å². The Morgan fingerprint density at radius 1 is 1.24 bits per heavy atom. The number of carbonyl (C=O) groups excluding carboxylic acids is 1. The number of aromatic nitrogens is 4. The molecule has 0 atom stereocenters. The Kier molecular flexibility index (Phi) is 2.04. The van der Waals surface area contributed by atoms with E-state index in [1.807, 2.05) is 36.5 Å². The van der Waals surface area contributed by atoms with Gasteiger partial charge in [-0.2, -0.15) is 0 Å². The predicted molar refractivity (Wildman–Crippen MR) is 62.8 cm³/mol. The molecule has 0 aliphatic rings. The highest BCUT2D eigenvalue weighted by atomic mass is 16.1. The second-order valence-corrected chi connectivity index (χ2v) is 3.79. The first-order chi connectivity index (χ1) is 8.27. The number of hydrogen-bond donors (Lipinski definition) is 1. The first-order valence-electron chi connectivity index (χ1n) is 5.26. The van der Waals surface area contributed by atoms with Gasteiger partial charge in [-0.3, -0.25) is 9.89 Å². The fraction of sp³-hybridized carbons (Fsp3) is 0.0833. The molecule has 3 rings (SSSR count). The van der Waals surface area contributed by atoms with Gasteiger partial charge in [0.15, 0.2) is 11.4 Å². The molecular formula is C12H10N4O. The van der Waals surface area contributed by atoms with Crippen LogP contribution in [-0.2, 0) is 0 Å². The molecule has 2 heterocycles. The van der Waals surface area contributed by atoms with Crippen molar-refractivity contribution in [1.29, 1.82) is 0 Å². The van der Waals surface area contributed by atoms with Crippen LogP contribution < -0.4 is 0 Å². The lowest BCUT2D eigenvalue weighted by Gasteiger charge is -1.94. The van der Waals surface area contributed by atoms with Gasteiger partial charge in [-0.25, -0.2) is 4.52 Å². The Morgan fingerprint density at radius 2 is 2.00 bits per heavy atom. The van der Waals surface area contributed by atoms with Crippen molar-refractivity contribution in [1.82, 2.24) is 19.8 Å². The number of nitrogens with one attached hydrogen (secondary N) is 1. The molecular weight excluding hydrogens is 216 g/mol. The van der Waals surface area contributed by atoms with Crippen LogP contribution in [0.4, 0.5) is 0 Å². The van der Waals surface area contributed by atoms with Gasteiger partial charge >= 0.3 is 0 Å². The summed E-state index contributed by atoms with van der Waals surface area (Å²) >= 11 is 0. The molecule has 0 saturated carbocycles. The molecule has 5 nitrogen and oxygen atoms in total. The highest BCUT2D eigenvalue weighted by Crippen LogP contribution is 2.23. The average Bonchev–Trinajstić information content (AvgIpc) is 2.89. The summed E-state index contributed by atoms with van der Waals surface area (Å²) in [5.74, 6) is 0.209. The standard InChI is InChI=1S/C12H10N4O/c1-8(17)11-14-15-12-10(7-13-16(11)12)9-5-3-2-4-6-9/h2-7,13H,1H3. The Hall–Kier alpha value is -2.43. The van der Waals surface area contributed by atoms with Crippen LogP contribution >= 0.6 is 0 Å². The number of fused-ring (bicyclic) bond motifs is 1. The van der Waals surface area contributed by atoms with E-state index in [2.05, 4.69) is 15.3 Å². The molecule has 0 fully saturated rings. The molecule has 0 radical (unpaired) electrons. The monoisotopic (exact) mass is 226 g/mol. The smallest absolute Gasteiger partial charge is 0.219 e. The maximum absolute atomic E-state index is 11.3. The van der Waals surface area contributed by atoms with E-state index >= 15 is 0 Å². The number of hydrogen-bond acceptors (Lipinski definition) is 3. The van der Waals surface area contributed by atoms with E-state index in [1.54, 1.807) is 4.52 Å². The number of H-pyrrole nitrogens is 1. The molecule has 5 heteroatoms. The summed E-state index contributed by atoms with van der Waals surface area (Å²) in [5.41, 5.74) is 2.65. The fourth-order valence-corrected chi connectivity index (χ4v) is 1.83. The highest BCUT2D eigenvalue weighted by molar-refractivity contribution is 5.92. The quantitative estimate of drug-likeness (QED) is 0.679. The van der Waals surface area contributed by atoms with Crippen molar-refractivity contribution in [2.75, 3.05) is 0 Å². The topological polar surface area (TPSA) is 63.0 Å². The van der Waals surface area contributed by atoms with E-state index in [0.29, 0.717) is 11.5 Å². The summed E-state index contributed by atoms with van der Waals surface area (Å²) in [6, 6.07) is 9.86. The van der Waals surface area contributed by atoms with Crippen LogP contribution in [0.15, 0.2) is 36.5 Å². The predicted octanol–water partition coefficient (Wildman–Crippen LogP) is 1.93. The number of ketones is 1. The van der Waals surface area contributed by atoms with Crippen molar-refractivity contribution in [3.63, 3.8) is 0 Å². The normalized spacial score (nSPS) is 10.9. The van der Waals surface area contributed by atoms with E-state index < -0.39 is 0 Å². The number of carbonyl (C=O) groups is 1. The Labute approximate surface area is 97.1 Å². The van der Waals surface area contributed by atoms with Gasteiger partial charge in [-0.1, -0.05) is 30.3 Å². The van der Waals surface area contributed by atoms with Crippen LogP contribution in [0.2, 0.25) is 0 Å². The molecule has 2 aromatic heterocycles. The van der Waals surface area contributed by atoms with Crippen molar-refractivity contribution in [2.45, 2.75) is 6.92 Å². The van der Waals surface area contributed by atoms with Gasteiger partial charge in [0.05, 0.1) is 0 Å². The van der Waals surface area contributed by atoms with Crippen molar-refractivity contribution >= 4 is 11.4 Å². The lowest BCUT2D eigenvalue weighted by atomic mass is 10.1. The maximum Gasteiger partial charge on any atom is 0.219 e. The summed E-state index contributed by atoms with van der Waals surface area (Å²) < 4.78 is 1.60. The van der Waals surface area contributed by atoms with Gasteiger partial charge in [-0.15, -0.1) is 10.2 Å². The highest BCUT2D eigenvalue weighted by Gasteiger charge is 2.14. The van der Waals surface area contributed by atoms with Crippen molar-refractivity contribution in [2.24, 2.45) is 0 Å². The second kappa shape index (κ2) is 3.55. The first kappa shape index (κ1) is 9.77. The van der Waals surface area contributed by atoms with Crippen LogP contribution in [0.25, 0.3) is 16.8 Å². The Balaban J connectivity index is 2.23. The third kappa shape index (κ3) is 1.44. The first-order valence-corrected chi connectivity index (χ1v) is 5.26. The third-order valence-corrected chi connectivity index (χ3v) is 2.64. The molecule has 17 heavy (non-hydrogen) atoms. The van der Waals surface area contributed by atoms with E-state index in [-0.39, 0.29) is 5.78 Å². The number of nitrogens with zero attached hydrogens (tertiary/aromatic N) is 3. The van der Waals surface area contributed by atoms with E-state index in [1.165, 1.54) is 6.92 Å². The lowest BCUT2D eigenvalue weighted by molar-refractivity contribution is 0.100. The molecule has 84 valence electrons. The molecule has 1 N–H and O–H groups in total. The maximum atomic E-state index is 11.3. The molecule has 0 spiro atoms. The average molecular weight is 226 g/mol. The minimum Gasteiger partial charge on any atom is -0.297 e. The van der Waals surface area contributed by atoms with E-state index in [4.69, 9.17) is 0 Å². The molecule has 0 unspecified atom stereocenters. The van der Waals surface area contributed by atoms with Crippen molar-refractivity contribution in [3.05, 3.63) is 42.4 Å². The summed E-state index contributed by atoms with van der Waals surface area (Å²) in [7, 11) is 0. The van der Waals surface area contributed by atoms with Crippen molar-refractivity contribution < 1.29 is 4.79 Å². The Bertz CT molecular complexity index is 681. The van der Waals surface area contributed by atoms with Crippen LogP contribution in [0, 0.1) is 0 Å². The SMILES string of the molecule is CC(=O)c1nnc2c(-c3ccccc3)c[nH]n12. The second-order valence-electron chi connectivity index (χ2n) is 3.79. The lowest BCUT2D eigenvalue weighted by Crippen LogP contribution is -2.00. The summed E-state index contributed by atoms with van der Waals surface area (Å²) in [6.07, 6.45) is 1.83. The van der Waals surface area contributed by atoms with E-state index in [0.717, 1.165) is 11.1 Å². The Morgan fingerprint density at radius 3 is 2.71 bits per heavy atom. The number of Topliss-reactive ketones (excluding diaryl/α,β-unsaturated/α-hetero) is 1. The number of rotatable bonds is 2. The van der Waals surface area contributed by atoms with Gasteiger partial charge in [0.2, 0.25) is 5.82 Å². The molecule has 0 saturated heterocycles. The largest absolute Gasteiger partial charge is 0.297 e. The molecule has 1 aromatic carbocycles. The van der Waals surface area contributed by atoms with Gasteiger partial charge in [0, 0.05) is 18.7 Å². The number of aromatic amines is 1. The van der Waals surface area contributed by atoms with Crippen LogP contribution in [0.1, 0.15) is 17.5 Å². The fourth-order valence-electron chi connectivity index (χ4n) is 1.83. The van der Waals surface area contributed by atoms with Gasteiger partial charge in [0.1, 0.15) is 0 Å². The zero-order valence-electron chi connectivity index (χ0n) is 9.21. The van der Waals surface area contributed by atoms with E-state index in [9.17, 15) is 4.79 Å². The molecule has 0 amide bonds. The van der Waals surface area contributed by atoms with Crippen LogP contribution in [-0.4, -0.2) is 25.6 Å². The van der Waals surface area contributed by atoms with Gasteiger partial charge < -0.3 is 0 Å². The zero-order valence-corrected chi connectivity index (χ0v) is 9.21.